The molecule has 14 heavy (non-hydrogen) atoms. The van der Waals surface area contributed by atoms with E-state index in [4.69, 9.17) is 30.0 Å². The van der Waals surface area contributed by atoms with Gasteiger partial charge in [-0.1, -0.05) is 0 Å². The first-order valence-corrected chi connectivity index (χ1v) is 5.20. The van der Waals surface area contributed by atoms with E-state index < -0.39 is 8.60 Å². The fourth-order valence-corrected chi connectivity index (χ4v) is 0.760. The van der Waals surface area contributed by atoms with Crippen molar-refractivity contribution < 1.29 is 30.0 Å². The van der Waals surface area contributed by atoms with E-state index in [1.54, 1.807) is 4.90 Å². The maximum atomic E-state index is 8.48. The molecule has 0 aromatic heterocycles. The largest absolute Gasteiger partial charge is 0.395 e. The zero-order valence-corrected chi connectivity index (χ0v) is 8.71. The van der Waals surface area contributed by atoms with Crippen LogP contribution in [-0.4, -0.2) is 74.4 Å². The Morgan fingerprint density at radius 3 is 1.07 bits per heavy atom. The summed E-state index contributed by atoms with van der Waals surface area (Å²) in [4.78, 5) is 23.5. The first-order chi connectivity index (χ1) is 6.58. The van der Waals surface area contributed by atoms with Crippen molar-refractivity contribution in [3.05, 3.63) is 0 Å². The van der Waals surface area contributed by atoms with Crippen molar-refractivity contribution in [2.24, 2.45) is 0 Å². The smallest absolute Gasteiger partial charge is 0.324 e. The van der Waals surface area contributed by atoms with Crippen LogP contribution < -0.4 is 0 Å². The zero-order valence-electron chi connectivity index (χ0n) is 7.82. The van der Waals surface area contributed by atoms with Gasteiger partial charge in [0.1, 0.15) is 0 Å². The van der Waals surface area contributed by atoms with E-state index in [0.717, 1.165) is 0 Å². The Morgan fingerprint density at radius 2 is 0.929 bits per heavy atom. The van der Waals surface area contributed by atoms with Gasteiger partial charge in [-0.2, -0.15) is 0 Å². The van der Waals surface area contributed by atoms with Crippen molar-refractivity contribution in [1.29, 1.82) is 0 Å². The SMILES string of the molecule is OCCN(CCO)CCO.OP(O)O. The summed E-state index contributed by atoms with van der Waals surface area (Å²) in [6.45, 7) is 1.75. The fourth-order valence-electron chi connectivity index (χ4n) is 0.760. The van der Waals surface area contributed by atoms with Gasteiger partial charge < -0.3 is 30.0 Å². The summed E-state index contributed by atoms with van der Waals surface area (Å²) in [5, 5.41) is 25.5. The van der Waals surface area contributed by atoms with E-state index in [0.29, 0.717) is 19.6 Å². The number of rotatable bonds is 6. The molecule has 7 nitrogen and oxygen atoms in total. The van der Waals surface area contributed by atoms with Gasteiger partial charge >= 0.3 is 8.60 Å². The summed E-state index contributed by atoms with van der Waals surface area (Å²) in [5.74, 6) is 0. The van der Waals surface area contributed by atoms with Crippen LogP contribution in [0, 0.1) is 0 Å². The van der Waals surface area contributed by atoms with Crippen molar-refractivity contribution in [2.45, 2.75) is 0 Å². The highest BCUT2D eigenvalue weighted by molar-refractivity contribution is 7.38. The molecule has 0 aliphatic rings. The standard InChI is InChI=1S/C6H15NO3.H3O3P/c8-4-1-7(2-5-9)3-6-10;1-4(2)3/h8-10H,1-6H2;1-3H. The molecule has 88 valence electrons. The lowest BCUT2D eigenvalue weighted by atomic mass is 10.4. The van der Waals surface area contributed by atoms with Crippen molar-refractivity contribution in [2.75, 3.05) is 39.5 Å². The molecule has 0 aromatic rings. The highest BCUT2D eigenvalue weighted by atomic mass is 31.2. The number of hydrogen-bond acceptors (Lipinski definition) is 7. The van der Waals surface area contributed by atoms with Crippen LogP contribution in [0.25, 0.3) is 0 Å². The Hall–Kier alpha value is 0.150. The van der Waals surface area contributed by atoms with E-state index in [1.807, 2.05) is 0 Å². The average molecular weight is 231 g/mol. The summed E-state index contributed by atoms with van der Waals surface area (Å²) in [6, 6.07) is 0. The van der Waals surface area contributed by atoms with Gasteiger partial charge in [-0.3, -0.25) is 4.90 Å². The molecule has 0 bridgehead atoms. The number of aliphatic hydroxyl groups excluding tert-OH is 3. The van der Waals surface area contributed by atoms with Crippen LogP contribution in [0.5, 0.6) is 0 Å². The Labute approximate surface area is 83.9 Å². The Bertz CT molecular complexity index is 89.3. The van der Waals surface area contributed by atoms with Gasteiger partial charge in [0.05, 0.1) is 19.8 Å². The molecule has 0 saturated carbocycles. The second-order valence-corrected chi connectivity index (χ2v) is 2.82. The maximum absolute atomic E-state index is 8.48. The Morgan fingerprint density at radius 1 is 0.714 bits per heavy atom. The van der Waals surface area contributed by atoms with Crippen molar-refractivity contribution in [1.82, 2.24) is 4.90 Å². The highest BCUT2D eigenvalue weighted by Gasteiger charge is 2.00. The van der Waals surface area contributed by atoms with Crippen molar-refractivity contribution in [3.63, 3.8) is 0 Å². The lowest BCUT2D eigenvalue weighted by Crippen LogP contribution is -2.32. The predicted molar refractivity (Wildman–Crippen MR) is 51.3 cm³/mol. The first kappa shape index (κ1) is 16.6. The number of hydrogen-bond donors (Lipinski definition) is 6. The van der Waals surface area contributed by atoms with Crippen LogP contribution >= 0.6 is 8.60 Å². The van der Waals surface area contributed by atoms with Gasteiger partial charge in [0.15, 0.2) is 0 Å². The Balaban J connectivity index is 0. The van der Waals surface area contributed by atoms with E-state index in [9.17, 15) is 0 Å². The molecule has 0 unspecified atom stereocenters. The molecule has 0 heterocycles. The lowest BCUT2D eigenvalue weighted by molar-refractivity contribution is 0.136. The van der Waals surface area contributed by atoms with E-state index in [-0.39, 0.29) is 19.8 Å². The molecule has 8 heteroatoms. The van der Waals surface area contributed by atoms with Gasteiger partial charge in [0, 0.05) is 19.6 Å². The van der Waals surface area contributed by atoms with Crippen LogP contribution in [-0.2, 0) is 0 Å². The molecule has 0 aliphatic heterocycles. The molecule has 0 atom stereocenters. The minimum atomic E-state index is -2.62. The van der Waals surface area contributed by atoms with Gasteiger partial charge in [0.2, 0.25) is 0 Å². The molecule has 0 rings (SSSR count). The maximum Gasteiger partial charge on any atom is 0.324 e. The molecule has 0 aromatic carbocycles. The van der Waals surface area contributed by atoms with E-state index in [2.05, 4.69) is 0 Å². The quantitative estimate of drug-likeness (QED) is 0.278. The minimum absolute atomic E-state index is 0.0694. The van der Waals surface area contributed by atoms with Crippen molar-refractivity contribution in [3.8, 4) is 0 Å². The summed E-state index contributed by atoms with van der Waals surface area (Å²) in [5.41, 5.74) is 0. The summed E-state index contributed by atoms with van der Waals surface area (Å²) in [7, 11) is -2.62. The third-order valence-electron chi connectivity index (χ3n) is 1.25. The number of nitrogens with zero attached hydrogens (tertiary/aromatic N) is 1. The lowest BCUT2D eigenvalue weighted by Gasteiger charge is -2.17. The monoisotopic (exact) mass is 231 g/mol. The van der Waals surface area contributed by atoms with Gasteiger partial charge in [-0.15, -0.1) is 0 Å². The first-order valence-electron chi connectivity index (χ1n) is 4.00. The van der Waals surface area contributed by atoms with E-state index >= 15 is 0 Å². The van der Waals surface area contributed by atoms with Crippen molar-refractivity contribution >= 4 is 8.60 Å². The Kier molecular flexibility index (Phi) is 15.6. The molecule has 0 spiro atoms. The van der Waals surface area contributed by atoms with Crippen LogP contribution in [0.2, 0.25) is 0 Å². The van der Waals surface area contributed by atoms with Gasteiger partial charge in [0.25, 0.3) is 0 Å². The molecule has 0 saturated heterocycles. The van der Waals surface area contributed by atoms with E-state index in [1.165, 1.54) is 0 Å². The molecular weight excluding hydrogens is 213 g/mol. The summed E-state index contributed by atoms with van der Waals surface area (Å²) >= 11 is 0. The molecular formula is C6H18NO6P. The molecule has 0 amide bonds. The normalized spacial score (nSPS) is 10.3. The van der Waals surface area contributed by atoms with Gasteiger partial charge in [-0.05, 0) is 0 Å². The van der Waals surface area contributed by atoms with Crippen LogP contribution in [0.4, 0.5) is 0 Å². The van der Waals surface area contributed by atoms with Crippen LogP contribution in [0.1, 0.15) is 0 Å². The second-order valence-electron chi connectivity index (χ2n) is 2.28. The van der Waals surface area contributed by atoms with Crippen LogP contribution in [0.3, 0.4) is 0 Å². The average Bonchev–Trinajstić information content (AvgIpc) is 2.04. The topological polar surface area (TPSA) is 125 Å². The molecule has 6 N–H and O–H groups in total. The molecule has 0 radical (unpaired) electrons. The molecule has 0 fully saturated rings. The third kappa shape index (κ3) is 18.0. The zero-order chi connectivity index (χ0) is 11.4. The van der Waals surface area contributed by atoms with Crippen LogP contribution in [0.15, 0.2) is 0 Å². The number of aliphatic hydroxyl groups is 3. The second kappa shape index (κ2) is 13.2. The minimum Gasteiger partial charge on any atom is -0.395 e. The fraction of sp³-hybridized carbons (Fsp3) is 1.00. The highest BCUT2D eigenvalue weighted by Crippen LogP contribution is 2.11. The summed E-state index contributed by atoms with van der Waals surface area (Å²) < 4.78 is 0. The third-order valence-corrected chi connectivity index (χ3v) is 1.25. The molecule has 0 aliphatic carbocycles. The summed E-state index contributed by atoms with van der Waals surface area (Å²) in [6.07, 6.45) is 0. The van der Waals surface area contributed by atoms with Gasteiger partial charge in [-0.25, -0.2) is 0 Å². The predicted octanol–water partition coefficient (Wildman–Crippen LogP) is -2.54.